The molecule has 1 saturated heterocycles. The fraction of sp³-hybridized carbons (Fsp3) is 0.333. The van der Waals surface area contributed by atoms with Gasteiger partial charge in [-0.1, -0.05) is 30.3 Å². The van der Waals surface area contributed by atoms with Crippen molar-refractivity contribution in [2.75, 3.05) is 40.5 Å². The number of halogens is 4. The van der Waals surface area contributed by atoms with E-state index >= 15 is 0 Å². The molecule has 4 aromatic rings. The van der Waals surface area contributed by atoms with Crippen molar-refractivity contribution in [3.05, 3.63) is 89.6 Å². The largest absolute Gasteiger partial charge is 0.497 e. The zero-order valence-corrected chi connectivity index (χ0v) is 24.2. The second-order valence-electron chi connectivity index (χ2n) is 10.7. The molecule has 0 bridgehead atoms. The summed E-state index contributed by atoms with van der Waals surface area (Å²) < 4.78 is 63.1. The summed E-state index contributed by atoms with van der Waals surface area (Å²) in [4.78, 5) is 22.6. The molecule has 6 nitrogen and oxygen atoms in total. The van der Waals surface area contributed by atoms with Gasteiger partial charge in [-0.2, -0.15) is 13.2 Å². The molecule has 10 heteroatoms. The van der Waals surface area contributed by atoms with Crippen LogP contribution in [0.3, 0.4) is 0 Å². The second kappa shape index (κ2) is 12.6. The Labute approximate surface area is 247 Å². The summed E-state index contributed by atoms with van der Waals surface area (Å²) in [5.41, 5.74) is 2.31. The molecule has 0 spiro atoms. The van der Waals surface area contributed by atoms with E-state index in [-0.39, 0.29) is 24.4 Å². The number of ether oxygens (including phenoxy) is 2. The quantitative estimate of drug-likeness (QED) is 0.187. The minimum Gasteiger partial charge on any atom is -0.497 e. The van der Waals surface area contributed by atoms with Crippen LogP contribution < -0.4 is 9.47 Å². The van der Waals surface area contributed by atoms with Crippen LogP contribution in [0.4, 0.5) is 17.6 Å². The van der Waals surface area contributed by atoms with E-state index in [1.807, 2.05) is 30.0 Å². The van der Waals surface area contributed by atoms with Gasteiger partial charge in [0.15, 0.2) is 0 Å². The van der Waals surface area contributed by atoms with Crippen molar-refractivity contribution in [3.8, 4) is 22.6 Å². The van der Waals surface area contributed by atoms with Crippen molar-refractivity contribution < 1.29 is 31.8 Å². The number of para-hydroxylation sites is 1. The third kappa shape index (κ3) is 6.44. The van der Waals surface area contributed by atoms with Crippen LogP contribution in [0.2, 0.25) is 0 Å². The number of hydrogen-bond acceptors (Lipinski definition) is 5. The smallest absolute Gasteiger partial charge is 0.416 e. The zero-order valence-electron chi connectivity index (χ0n) is 24.2. The van der Waals surface area contributed by atoms with Crippen LogP contribution in [-0.2, 0) is 12.7 Å². The lowest BCUT2D eigenvalue weighted by atomic mass is 9.90. The van der Waals surface area contributed by atoms with Gasteiger partial charge in [0, 0.05) is 66.9 Å². The third-order valence-electron chi connectivity index (χ3n) is 8.14. The van der Waals surface area contributed by atoms with E-state index in [9.17, 15) is 22.4 Å². The molecule has 226 valence electrons. The molecule has 1 aliphatic rings. The Morgan fingerprint density at radius 2 is 1.79 bits per heavy atom. The maximum absolute atomic E-state index is 14.1. The number of methoxy groups -OCH3 is 2. The highest BCUT2D eigenvalue weighted by Crippen LogP contribution is 2.34. The van der Waals surface area contributed by atoms with Crippen LogP contribution in [0.25, 0.3) is 22.0 Å². The number of aromatic nitrogens is 1. The Bertz CT molecular complexity index is 1590. The van der Waals surface area contributed by atoms with Crippen molar-refractivity contribution in [3.63, 3.8) is 0 Å². The number of carbonyl (C=O) groups excluding carboxylic acids is 1. The summed E-state index contributed by atoms with van der Waals surface area (Å²) >= 11 is 0. The highest BCUT2D eigenvalue weighted by atomic mass is 19.4. The molecule has 1 fully saturated rings. The molecule has 0 N–H and O–H groups in total. The Morgan fingerprint density at radius 3 is 2.44 bits per heavy atom. The number of benzene rings is 3. The molecular formula is C33H33F4N3O3. The number of hydrogen-bond donors (Lipinski definition) is 0. The molecule has 0 unspecified atom stereocenters. The van der Waals surface area contributed by atoms with Gasteiger partial charge in [-0.25, -0.2) is 4.39 Å². The van der Waals surface area contributed by atoms with Crippen LogP contribution in [-0.4, -0.2) is 67.3 Å². The number of nitrogens with zero attached hydrogens (tertiary/aromatic N) is 3. The lowest BCUT2D eigenvalue weighted by molar-refractivity contribution is -0.137. The fourth-order valence-corrected chi connectivity index (χ4v) is 5.55. The Hall–Kier alpha value is -4.18. The number of fused-ring (bicyclic) bond motifs is 1. The van der Waals surface area contributed by atoms with Crippen LogP contribution in [0, 0.1) is 5.92 Å². The van der Waals surface area contributed by atoms with E-state index in [4.69, 9.17) is 9.47 Å². The zero-order chi connectivity index (χ0) is 30.7. The van der Waals surface area contributed by atoms with Crippen molar-refractivity contribution in [2.45, 2.75) is 25.7 Å². The molecule has 1 aromatic heterocycles. The summed E-state index contributed by atoms with van der Waals surface area (Å²) in [6, 6.07) is 17.4. The lowest BCUT2D eigenvalue weighted by Crippen LogP contribution is -2.56. The number of amides is 1. The monoisotopic (exact) mass is 595 g/mol. The van der Waals surface area contributed by atoms with E-state index in [0.717, 1.165) is 17.7 Å². The first-order chi connectivity index (χ1) is 20.6. The molecular weight excluding hydrogens is 562 g/mol. The number of pyridine rings is 1. The molecule has 0 aliphatic carbocycles. The molecule has 1 atom stereocenters. The van der Waals surface area contributed by atoms with Crippen molar-refractivity contribution in [1.82, 2.24) is 14.8 Å². The maximum Gasteiger partial charge on any atom is 0.416 e. The molecule has 0 radical (unpaired) electrons. The molecule has 3 aromatic carbocycles. The maximum atomic E-state index is 14.1. The summed E-state index contributed by atoms with van der Waals surface area (Å²) in [6.45, 7) is 3.63. The van der Waals surface area contributed by atoms with Gasteiger partial charge in [0.25, 0.3) is 5.91 Å². The molecule has 5 rings (SSSR count). The average Bonchev–Trinajstić information content (AvgIpc) is 2.99. The molecule has 2 heterocycles. The summed E-state index contributed by atoms with van der Waals surface area (Å²) in [5.74, 6) is 1.17. The minimum absolute atomic E-state index is 0.163. The van der Waals surface area contributed by atoms with Gasteiger partial charge in [0.05, 0.1) is 30.9 Å². The topological polar surface area (TPSA) is 54.9 Å². The Balaban J connectivity index is 1.47. The molecule has 0 saturated carbocycles. The summed E-state index contributed by atoms with van der Waals surface area (Å²) in [7, 11) is 3.14. The van der Waals surface area contributed by atoms with Gasteiger partial charge in [0.1, 0.15) is 18.2 Å². The second-order valence-corrected chi connectivity index (χ2v) is 10.7. The molecule has 1 amide bonds. The van der Waals surface area contributed by atoms with Crippen molar-refractivity contribution in [1.29, 1.82) is 0 Å². The predicted molar refractivity (Wildman–Crippen MR) is 157 cm³/mol. The van der Waals surface area contributed by atoms with E-state index in [1.165, 1.54) is 18.3 Å². The minimum atomic E-state index is -4.42. The number of likely N-dealkylation sites (tertiary alicyclic amines) is 1. The molecule has 43 heavy (non-hydrogen) atoms. The van der Waals surface area contributed by atoms with E-state index in [2.05, 4.69) is 4.98 Å². The first-order valence-electron chi connectivity index (χ1n) is 14.0. The predicted octanol–water partition coefficient (Wildman–Crippen LogP) is 6.87. The third-order valence-corrected chi connectivity index (χ3v) is 8.14. The normalized spacial score (nSPS) is 14.8. The van der Waals surface area contributed by atoms with Crippen LogP contribution in [0.15, 0.2) is 72.9 Å². The number of alkyl halides is 4. The average molecular weight is 596 g/mol. The standard InChI is InChI=1S/C33H33F4N3O3/c1-21(26-18-39(19-26)14-13-34)40(20-24-9-12-28(42-2)16-30(24)43-3)32(41)25-15-23-5-4-6-29(31(23)38-17-25)22-7-10-27(11-8-22)33(35,36)37/h4-12,15-17,21,26H,13-14,18-20H2,1-3H3/t21-/m0/s1. The highest BCUT2D eigenvalue weighted by molar-refractivity contribution is 6.00. The fourth-order valence-electron chi connectivity index (χ4n) is 5.55. The number of rotatable bonds is 10. The SMILES string of the molecule is COc1ccc(CN(C(=O)c2cnc3c(-c4ccc(C(F)(F)F)cc4)cccc3c2)[C@@H](C)C2CN(CCF)C2)c(OC)c1. The van der Waals surface area contributed by atoms with Gasteiger partial charge in [-0.05, 0) is 42.8 Å². The molecule has 1 aliphatic heterocycles. The number of carbonyl (C=O) groups is 1. The van der Waals surface area contributed by atoms with E-state index < -0.39 is 18.4 Å². The Kier molecular flexibility index (Phi) is 8.87. The van der Waals surface area contributed by atoms with Crippen LogP contribution in [0.5, 0.6) is 11.5 Å². The summed E-state index contributed by atoms with van der Waals surface area (Å²) in [6.07, 6.45) is -2.91. The summed E-state index contributed by atoms with van der Waals surface area (Å²) in [5, 5.41) is 0.690. The van der Waals surface area contributed by atoms with Crippen molar-refractivity contribution in [2.24, 2.45) is 5.92 Å². The van der Waals surface area contributed by atoms with Crippen LogP contribution >= 0.6 is 0 Å². The van der Waals surface area contributed by atoms with Gasteiger partial charge in [-0.15, -0.1) is 0 Å². The van der Waals surface area contributed by atoms with E-state index in [0.29, 0.717) is 58.7 Å². The van der Waals surface area contributed by atoms with Gasteiger partial charge in [-0.3, -0.25) is 14.7 Å². The van der Waals surface area contributed by atoms with Crippen molar-refractivity contribution >= 4 is 16.8 Å². The first-order valence-corrected chi connectivity index (χ1v) is 14.0. The highest BCUT2D eigenvalue weighted by Gasteiger charge is 2.36. The lowest BCUT2D eigenvalue weighted by Gasteiger charge is -2.45. The van der Waals surface area contributed by atoms with Gasteiger partial charge < -0.3 is 14.4 Å². The van der Waals surface area contributed by atoms with Gasteiger partial charge >= 0.3 is 6.18 Å². The van der Waals surface area contributed by atoms with Gasteiger partial charge in [0.2, 0.25) is 0 Å². The van der Waals surface area contributed by atoms with Crippen LogP contribution in [0.1, 0.15) is 28.4 Å². The first kappa shape index (κ1) is 30.3. The Morgan fingerprint density at radius 1 is 1.05 bits per heavy atom. The van der Waals surface area contributed by atoms with E-state index in [1.54, 1.807) is 43.4 Å².